The van der Waals surface area contributed by atoms with Crippen molar-refractivity contribution in [3.63, 3.8) is 0 Å². The molecular weight excluding hydrogens is 396 g/mol. The smallest absolute Gasteiger partial charge is 0.391 e. The molecule has 164 valence electrons. The maximum atomic E-state index is 13.6. The van der Waals surface area contributed by atoms with Gasteiger partial charge in [-0.05, 0) is 12.1 Å². The molecule has 0 aromatic carbocycles. The lowest BCUT2D eigenvalue weighted by Gasteiger charge is -2.50. The van der Waals surface area contributed by atoms with Gasteiger partial charge in [-0.25, -0.2) is 19.7 Å². The largest absolute Gasteiger partial charge is 0.417 e. The summed E-state index contributed by atoms with van der Waals surface area (Å²) in [5.74, 6) is 0.361. The van der Waals surface area contributed by atoms with E-state index in [1.54, 1.807) is 29.4 Å². The number of pyridine rings is 1. The van der Waals surface area contributed by atoms with Crippen molar-refractivity contribution in [2.75, 3.05) is 32.7 Å². The molecule has 1 unspecified atom stereocenters. The highest BCUT2D eigenvalue weighted by Crippen LogP contribution is 2.41. The van der Waals surface area contributed by atoms with Crippen LogP contribution in [0.15, 0.2) is 36.7 Å². The Kier molecular flexibility index (Phi) is 5.62. The summed E-state index contributed by atoms with van der Waals surface area (Å²) in [7, 11) is 0. The summed E-state index contributed by atoms with van der Waals surface area (Å²) in [5.41, 5.74) is -0.618. The summed E-state index contributed by atoms with van der Waals surface area (Å²) in [6, 6.07) is 7.05. The van der Waals surface area contributed by atoms with E-state index in [1.165, 1.54) is 4.90 Å². The number of ether oxygens (including phenoxy) is 1. The number of hydrogen-bond donors (Lipinski definition) is 1. The van der Waals surface area contributed by atoms with Crippen LogP contribution in [-0.4, -0.2) is 69.5 Å². The third-order valence-corrected chi connectivity index (χ3v) is 5.76. The molecule has 2 fully saturated rings. The number of amides is 2. The first kappa shape index (κ1) is 21.2. The second-order valence-corrected chi connectivity index (χ2v) is 8.86. The van der Waals surface area contributed by atoms with E-state index in [0.717, 1.165) is 5.69 Å². The maximum absolute atomic E-state index is 13.6. The monoisotopic (exact) mass is 424 g/mol. The number of nitrogens with one attached hydrogen (secondary N) is 1. The van der Waals surface area contributed by atoms with Gasteiger partial charge in [-0.1, -0.05) is 26.8 Å². The number of rotatable bonds is 3. The lowest BCUT2D eigenvalue weighted by Crippen LogP contribution is -2.69. The second kappa shape index (κ2) is 8.22. The molecule has 2 aromatic heterocycles. The van der Waals surface area contributed by atoms with E-state index in [9.17, 15) is 9.59 Å². The molecule has 9 nitrogen and oxygen atoms in total. The Morgan fingerprint density at radius 3 is 2.39 bits per heavy atom. The van der Waals surface area contributed by atoms with Gasteiger partial charge in [0.15, 0.2) is 11.4 Å². The van der Waals surface area contributed by atoms with Crippen molar-refractivity contribution < 1.29 is 14.3 Å². The van der Waals surface area contributed by atoms with Gasteiger partial charge < -0.3 is 15.0 Å². The van der Waals surface area contributed by atoms with Crippen LogP contribution in [0.1, 0.15) is 38.7 Å². The van der Waals surface area contributed by atoms with Crippen LogP contribution in [0.2, 0.25) is 0 Å². The zero-order valence-electron chi connectivity index (χ0n) is 18.2. The SMILES string of the molecule is CC(C)(C)c1cccc(OC(=O)N2CCC2(C(=O)N2CCNCC2)c2ncccn2)n1. The predicted octanol–water partition coefficient (Wildman–Crippen LogP) is 1.70. The molecule has 2 aromatic rings. The van der Waals surface area contributed by atoms with Crippen LogP contribution in [0, 0.1) is 0 Å². The van der Waals surface area contributed by atoms with Crippen molar-refractivity contribution in [3.05, 3.63) is 48.2 Å². The van der Waals surface area contributed by atoms with Gasteiger partial charge >= 0.3 is 6.09 Å². The van der Waals surface area contributed by atoms with Crippen molar-refractivity contribution in [2.45, 2.75) is 38.1 Å². The number of hydrogen-bond acceptors (Lipinski definition) is 7. The van der Waals surface area contributed by atoms with Crippen LogP contribution in [0.3, 0.4) is 0 Å². The van der Waals surface area contributed by atoms with E-state index in [-0.39, 0.29) is 17.2 Å². The Hall–Kier alpha value is -3.07. The Balaban J connectivity index is 1.62. The summed E-state index contributed by atoms with van der Waals surface area (Å²) >= 11 is 0. The van der Waals surface area contributed by atoms with Crippen LogP contribution in [-0.2, 0) is 15.7 Å². The van der Waals surface area contributed by atoms with E-state index >= 15 is 0 Å². The number of carbonyl (C=O) groups is 2. The van der Waals surface area contributed by atoms with Gasteiger partial charge in [0.05, 0.1) is 0 Å². The fraction of sp³-hybridized carbons (Fsp3) is 0.500. The number of carbonyl (C=O) groups excluding carboxylic acids is 2. The molecular formula is C22H28N6O3. The molecule has 1 atom stereocenters. The fourth-order valence-corrected chi connectivity index (χ4v) is 3.92. The topological polar surface area (TPSA) is 101 Å². The zero-order valence-corrected chi connectivity index (χ0v) is 18.2. The molecule has 31 heavy (non-hydrogen) atoms. The fourth-order valence-electron chi connectivity index (χ4n) is 3.92. The van der Waals surface area contributed by atoms with E-state index in [0.29, 0.717) is 45.0 Å². The van der Waals surface area contributed by atoms with Crippen LogP contribution in [0.4, 0.5) is 4.79 Å². The first-order valence-electron chi connectivity index (χ1n) is 10.6. The molecule has 2 aliphatic rings. The predicted molar refractivity (Wildman–Crippen MR) is 113 cm³/mol. The molecule has 0 saturated carbocycles. The second-order valence-electron chi connectivity index (χ2n) is 8.86. The number of piperazine rings is 1. The minimum Gasteiger partial charge on any atom is -0.391 e. The van der Waals surface area contributed by atoms with Gasteiger partial charge in [-0.15, -0.1) is 0 Å². The number of likely N-dealkylation sites (tertiary alicyclic amines) is 1. The number of nitrogens with zero attached hydrogens (tertiary/aromatic N) is 5. The van der Waals surface area contributed by atoms with Gasteiger partial charge in [0.25, 0.3) is 5.91 Å². The molecule has 9 heteroatoms. The van der Waals surface area contributed by atoms with Crippen molar-refractivity contribution in [3.8, 4) is 5.88 Å². The highest BCUT2D eigenvalue weighted by Gasteiger charge is 2.59. The van der Waals surface area contributed by atoms with Crippen LogP contribution in [0.25, 0.3) is 0 Å². The van der Waals surface area contributed by atoms with E-state index in [4.69, 9.17) is 4.74 Å². The third-order valence-electron chi connectivity index (χ3n) is 5.76. The summed E-state index contributed by atoms with van der Waals surface area (Å²) in [6.07, 6.45) is 3.00. The van der Waals surface area contributed by atoms with Gasteiger partial charge in [0, 0.05) is 68.7 Å². The molecule has 0 bridgehead atoms. The van der Waals surface area contributed by atoms with Crippen LogP contribution in [0.5, 0.6) is 5.88 Å². The summed E-state index contributed by atoms with van der Waals surface area (Å²) in [4.78, 5) is 43.1. The van der Waals surface area contributed by atoms with Crippen molar-refractivity contribution in [1.29, 1.82) is 0 Å². The Labute approximate surface area is 181 Å². The zero-order chi connectivity index (χ0) is 22.1. The Morgan fingerprint density at radius 2 is 1.77 bits per heavy atom. The van der Waals surface area contributed by atoms with E-state index in [2.05, 4.69) is 20.3 Å². The van der Waals surface area contributed by atoms with Crippen LogP contribution < -0.4 is 10.1 Å². The highest BCUT2D eigenvalue weighted by molar-refractivity contribution is 5.92. The average Bonchev–Trinajstić information content (AvgIpc) is 2.74. The first-order valence-corrected chi connectivity index (χ1v) is 10.6. The molecule has 0 aliphatic carbocycles. The minimum atomic E-state index is -1.25. The van der Waals surface area contributed by atoms with Crippen LogP contribution >= 0.6 is 0 Å². The lowest BCUT2D eigenvalue weighted by molar-refractivity contribution is -0.154. The normalized spacial score (nSPS) is 21.4. The molecule has 1 N–H and O–H groups in total. The molecule has 4 rings (SSSR count). The number of aromatic nitrogens is 3. The molecule has 4 heterocycles. The molecule has 0 radical (unpaired) electrons. The average molecular weight is 425 g/mol. The van der Waals surface area contributed by atoms with Gasteiger partial charge in [-0.3, -0.25) is 9.69 Å². The Morgan fingerprint density at radius 1 is 1.06 bits per heavy atom. The third kappa shape index (κ3) is 3.97. The molecule has 2 saturated heterocycles. The Bertz CT molecular complexity index is 955. The van der Waals surface area contributed by atoms with E-state index < -0.39 is 11.6 Å². The first-order chi connectivity index (χ1) is 14.8. The van der Waals surface area contributed by atoms with Crippen molar-refractivity contribution in [2.24, 2.45) is 0 Å². The van der Waals surface area contributed by atoms with Gasteiger partial charge in [0.2, 0.25) is 5.88 Å². The molecule has 2 amide bonds. The highest BCUT2D eigenvalue weighted by atomic mass is 16.6. The van der Waals surface area contributed by atoms with Crippen molar-refractivity contribution >= 4 is 12.0 Å². The van der Waals surface area contributed by atoms with Gasteiger partial charge in [0.1, 0.15) is 0 Å². The minimum absolute atomic E-state index is 0.167. The summed E-state index contributed by atoms with van der Waals surface area (Å²) < 4.78 is 5.61. The summed E-state index contributed by atoms with van der Waals surface area (Å²) in [6.45, 7) is 9.09. The van der Waals surface area contributed by atoms with Crippen molar-refractivity contribution in [1.82, 2.24) is 30.1 Å². The standard InChI is InChI=1S/C22H28N6O3/c1-21(2,3)16-6-4-7-17(26-16)31-20(30)28-13-8-22(28,18-24-9-5-10-25-18)19(29)27-14-11-23-12-15-27/h4-7,9-10,23H,8,11-15H2,1-3H3. The quantitative estimate of drug-likeness (QED) is 0.800. The molecule has 0 spiro atoms. The lowest BCUT2D eigenvalue weighted by atomic mass is 9.82. The maximum Gasteiger partial charge on any atom is 0.417 e. The van der Waals surface area contributed by atoms with E-state index in [1.807, 2.05) is 32.9 Å². The summed E-state index contributed by atoms with van der Waals surface area (Å²) in [5, 5.41) is 3.24. The molecule has 2 aliphatic heterocycles. The van der Waals surface area contributed by atoms with Gasteiger partial charge in [-0.2, -0.15) is 0 Å².